The van der Waals surface area contributed by atoms with Gasteiger partial charge in [-0.25, -0.2) is 0 Å². The first-order valence-electron chi connectivity index (χ1n) is 6.12. The van der Waals surface area contributed by atoms with E-state index in [0.29, 0.717) is 40.1 Å². The Morgan fingerprint density at radius 2 is 1.95 bits per heavy atom. The van der Waals surface area contributed by atoms with Crippen molar-refractivity contribution >= 4 is 23.1 Å². The lowest BCUT2D eigenvalue weighted by molar-refractivity contribution is 0.278. The van der Waals surface area contributed by atoms with Gasteiger partial charge in [0.2, 0.25) is 0 Å². The fourth-order valence-corrected chi connectivity index (χ4v) is 2.30. The first kappa shape index (κ1) is 14.5. The maximum atomic E-state index is 12.4. The van der Waals surface area contributed by atoms with Crippen LogP contribution < -0.4 is 15.0 Å². The van der Waals surface area contributed by atoms with Crippen LogP contribution in [0.15, 0.2) is 16.9 Å². The zero-order valence-corrected chi connectivity index (χ0v) is 12.1. The largest absolute Gasteiger partial charge is 0.493 e. The SMILES string of the molecule is COc1cc2[nH]c(=S)n(CCCO)c(=O)c2cc1OC. The molecule has 0 aliphatic heterocycles. The number of hydrogen-bond acceptors (Lipinski definition) is 5. The number of aromatic amines is 1. The van der Waals surface area contributed by atoms with E-state index in [2.05, 4.69) is 4.98 Å². The van der Waals surface area contributed by atoms with E-state index in [9.17, 15) is 4.79 Å². The van der Waals surface area contributed by atoms with Crippen LogP contribution in [-0.4, -0.2) is 35.5 Å². The summed E-state index contributed by atoms with van der Waals surface area (Å²) in [5.74, 6) is 1.01. The summed E-state index contributed by atoms with van der Waals surface area (Å²) in [6.45, 7) is 0.375. The van der Waals surface area contributed by atoms with Crippen molar-refractivity contribution in [2.75, 3.05) is 20.8 Å². The lowest BCUT2D eigenvalue weighted by Crippen LogP contribution is -2.22. The second kappa shape index (κ2) is 6.06. The standard InChI is InChI=1S/C13H16N2O4S/c1-18-10-6-8-9(7-11(10)19-2)14-13(20)15(12(8)17)4-3-5-16/h6-7,16H,3-5H2,1-2H3,(H,14,20). The molecule has 0 amide bonds. The molecule has 0 unspecified atom stereocenters. The van der Waals surface area contributed by atoms with Crippen molar-refractivity contribution in [3.8, 4) is 11.5 Å². The minimum absolute atomic E-state index is 0.00514. The maximum Gasteiger partial charge on any atom is 0.262 e. The molecule has 6 nitrogen and oxygen atoms in total. The van der Waals surface area contributed by atoms with E-state index in [1.54, 1.807) is 12.1 Å². The maximum absolute atomic E-state index is 12.4. The number of H-pyrrole nitrogens is 1. The van der Waals surface area contributed by atoms with E-state index in [0.717, 1.165) is 0 Å². The third kappa shape index (κ3) is 2.54. The molecule has 0 saturated heterocycles. The molecule has 0 radical (unpaired) electrons. The number of benzene rings is 1. The number of nitrogens with zero attached hydrogens (tertiary/aromatic N) is 1. The van der Waals surface area contributed by atoms with Crippen LogP contribution in [0, 0.1) is 4.77 Å². The lowest BCUT2D eigenvalue weighted by Gasteiger charge is -2.11. The Balaban J connectivity index is 2.71. The van der Waals surface area contributed by atoms with Crippen LogP contribution >= 0.6 is 12.2 Å². The Hall–Kier alpha value is -1.86. The van der Waals surface area contributed by atoms with Gasteiger partial charge in [-0.05, 0) is 24.7 Å². The van der Waals surface area contributed by atoms with E-state index in [1.165, 1.54) is 18.8 Å². The fraction of sp³-hybridized carbons (Fsp3) is 0.385. The first-order chi connectivity index (χ1) is 9.62. The lowest BCUT2D eigenvalue weighted by atomic mass is 10.2. The van der Waals surface area contributed by atoms with Gasteiger partial charge in [0.1, 0.15) is 0 Å². The number of hydrogen-bond donors (Lipinski definition) is 2. The summed E-state index contributed by atoms with van der Waals surface area (Å²) in [5, 5.41) is 9.34. The average molecular weight is 296 g/mol. The monoisotopic (exact) mass is 296 g/mol. The first-order valence-corrected chi connectivity index (χ1v) is 6.53. The van der Waals surface area contributed by atoms with Crippen LogP contribution in [0.25, 0.3) is 10.9 Å². The minimum Gasteiger partial charge on any atom is -0.493 e. The highest BCUT2D eigenvalue weighted by atomic mass is 32.1. The third-order valence-corrected chi connectivity index (χ3v) is 3.35. The Morgan fingerprint density at radius 3 is 2.55 bits per heavy atom. The van der Waals surface area contributed by atoms with Gasteiger partial charge >= 0.3 is 0 Å². The predicted octanol–water partition coefficient (Wildman–Crippen LogP) is 1.46. The number of nitrogens with one attached hydrogen (secondary N) is 1. The van der Waals surface area contributed by atoms with Crippen LogP contribution in [0.2, 0.25) is 0 Å². The number of fused-ring (bicyclic) bond motifs is 1. The van der Waals surface area contributed by atoms with E-state index >= 15 is 0 Å². The minimum atomic E-state index is -0.210. The fourth-order valence-electron chi connectivity index (χ4n) is 2.01. The van der Waals surface area contributed by atoms with Crippen LogP contribution in [0.4, 0.5) is 0 Å². The van der Waals surface area contributed by atoms with Gasteiger partial charge in [0.05, 0.1) is 25.1 Å². The quantitative estimate of drug-likeness (QED) is 0.817. The van der Waals surface area contributed by atoms with Crippen LogP contribution in [-0.2, 0) is 6.54 Å². The topological polar surface area (TPSA) is 76.5 Å². The molecule has 0 spiro atoms. The van der Waals surface area contributed by atoms with E-state index in [1.807, 2.05) is 0 Å². The highest BCUT2D eigenvalue weighted by molar-refractivity contribution is 7.71. The summed E-state index contributed by atoms with van der Waals surface area (Å²) in [6, 6.07) is 3.30. The van der Waals surface area contributed by atoms with Gasteiger partial charge in [-0.1, -0.05) is 0 Å². The number of rotatable bonds is 5. The summed E-state index contributed by atoms with van der Waals surface area (Å²) >= 11 is 5.17. The Labute approximate surface area is 120 Å². The molecule has 20 heavy (non-hydrogen) atoms. The van der Waals surface area contributed by atoms with Gasteiger partial charge in [-0.3, -0.25) is 9.36 Å². The highest BCUT2D eigenvalue weighted by Crippen LogP contribution is 2.29. The predicted molar refractivity (Wildman–Crippen MR) is 78.2 cm³/mol. The number of methoxy groups -OCH3 is 2. The Kier molecular flexibility index (Phi) is 4.41. The summed E-state index contributed by atoms with van der Waals surface area (Å²) in [5.41, 5.74) is 0.385. The molecule has 1 aromatic heterocycles. The van der Waals surface area contributed by atoms with Crippen molar-refractivity contribution in [2.24, 2.45) is 0 Å². The van der Waals surface area contributed by atoms with E-state index in [4.69, 9.17) is 26.8 Å². The molecule has 0 fully saturated rings. The molecule has 0 saturated carbocycles. The van der Waals surface area contributed by atoms with E-state index < -0.39 is 0 Å². The molecule has 0 aliphatic carbocycles. The zero-order valence-electron chi connectivity index (χ0n) is 11.3. The zero-order chi connectivity index (χ0) is 14.7. The molecule has 2 N–H and O–H groups in total. The van der Waals surface area contributed by atoms with Crippen LogP contribution in [0.3, 0.4) is 0 Å². The molecule has 108 valence electrons. The van der Waals surface area contributed by atoms with Crippen molar-refractivity contribution in [2.45, 2.75) is 13.0 Å². The van der Waals surface area contributed by atoms with Gasteiger partial charge in [0.25, 0.3) is 5.56 Å². The van der Waals surface area contributed by atoms with Crippen molar-refractivity contribution in [1.29, 1.82) is 0 Å². The molecule has 2 aromatic rings. The molecule has 1 heterocycles. The average Bonchev–Trinajstić information content (AvgIpc) is 2.46. The summed E-state index contributed by atoms with van der Waals surface area (Å²) in [6.07, 6.45) is 0.468. The van der Waals surface area contributed by atoms with Crippen molar-refractivity contribution in [1.82, 2.24) is 9.55 Å². The molecular weight excluding hydrogens is 280 g/mol. The molecule has 0 atom stereocenters. The molecule has 1 aromatic carbocycles. The highest BCUT2D eigenvalue weighted by Gasteiger charge is 2.11. The van der Waals surface area contributed by atoms with Crippen LogP contribution in [0.1, 0.15) is 6.42 Å². The van der Waals surface area contributed by atoms with Gasteiger partial charge in [-0.15, -0.1) is 0 Å². The summed E-state index contributed by atoms with van der Waals surface area (Å²) in [7, 11) is 3.04. The number of ether oxygens (including phenoxy) is 2. The second-order valence-electron chi connectivity index (χ2n) is 4.22. The van der Waals surface area contributed by atoms with E-state index in [-0.39, 0.29) is 12.2 Å². The molecule has 2 rings (SSSR count). The molecule has 7 heteroatoms. The Bertz CT molecular complexity index is 735. The van der Waals surface area contributed by atoms with Crippen molar-refractivity contribution in [3.63, 3.8) is 0 Å². The smallest absolute Gasteiger partial charge is 0.262 e. The number of aromatic nitrogens is 2. The number of aliphatic hydroxyl groups excluding tert-OH is 1. The van der Waals surface area contributed by atoms with Gasteiger partial charge < -0.3 is 19.6 Å². The van der Waals surface area contributed by atoms with Crippen LogP contribution in [0.5, 0.6) is 11.5 Å². The second-order valence-corrected chi connectivity index (χ2v) is 4.60. The Morgan fingerprint density at radius 1 is 1.30 bits per heavy atom. The molecular formula is C13H16N2O4S. The molecule has 0 aliphatic rings. The summed E-state index contributed by atoms with van der Waals surface area (Å²) in [4.78, 5) is 15.4. The third-order valence-electron chi connectivity index (χ3n) is 3.03. The number of aliphatic hydroxyl groups is 1. The normalized spacial score (nSPS) is 10.8. The van der Waals surface area contributed by atoms with Gasteiger partial charge in [0, 0.05) is 19.2 Å². The van der Waals surface area contributed by atoms with Gasteiger partial charge in [-0.2, -0.15) is 0 Å². The van der Waals surface area contributed by atoms with Crippen molar-refractivity contribution < 1.29 is 14.6 Å². The molecule has 0 bridgehead atoms. The van der Waals surface area contributed by atoms with Gasteiger partial charge in [0.15, 0.2) is 16.3 Å². The van der Waals surface area contributed by atoms with Crippen molar-refractivity contribution in [3.05, 3.63) is 27.3 Å². The summed E-state index contributed by atoms with van der Waals surface area (Å²) < 4.78 is 12.1.